The highest BCUT2D eigenvalue weighted by Crippen LogP contribution is 2.30. The van der Waals surface area contributed by atoms with Crippen LogP contribution in [0.4, 0.5) is 4.39 Å². The van der Waals surface area contributed by atoms with Crippen molar-refractivity contribution in [1.29, 1.82) is 0 Å². The fourth-order valence-electron chi connectivity index (χ4n) is 1.84. The molecule has 0 N–H and O–H groups in total. The van der Waals surface area contributed by atoms with Crippen molar-refractivity contribution in [1.82, 2.24) is 4.90 Å². The second-order valence-electron chi connectivity index (χ2n) is 4.93. The zero-order valence-corrected chi connectivity index (χ0v) is 8.44. The van der Waals surface area contributed by atoms with Crippen LogP contribution in [0.1, 0.15) is 33.6 Å². The lowest BCUT2D eigenvalue weighted by molar-refractivity contribution is 0.0523. The summed E-state index contributed by atoms with van der Waals surface area (Å²) in [7, 11) is 0. The normalized spacial score (nSPS) is 25.5. The molecule has 1 fully saturated rings. The van der Waals surface area contributed by atoms with Crippen molar-refractivity contribution in [2.24, 2.45) is 5.41 Å². The lowest BCUT2D eigenvalue weighted by atomic mass is 9.83. The van der Waals surface area contributed by atoms with Gasteiger partial charge < -0.3 is 0 Å². The minimum atomic E-state index is -0.194. The van der Waals surface area contributed by atoms with Gasteiger partial charge >= 0.3 is 0 Å². The molecule has 12 heavy (non-hydrogen) atoms. The number of nitrogens with zero attached hydrogens (tertiary/aromatic N) is 1. The van der Waals surface area contributed by atoms with E-state index in [2.05, 4.69) is 25.7 Å². The Bertz CT molecular complexity index is 139. The quantitative estimate of drug-likeness (QED) is 0.633. The monoisotopic (exact) mass is 173 g/mol. The van der Waals surface area contributed by atoms with Crippen LogP contribution in [-0.4, -0.2) is 30.7 Å². The summed E-state index contributed by atoms with van der Waals surface area (Å²) in [6.45, 7) is 8.29. The third-order valence-electron chi connectivity index (χ3n) is 2.49. The topological polar surface area (TPSA) is 3.24 Å². The average molecular weight is 173 g/mol. The fourth-order valence-corrected chi connectivity index (χ4v) is 1.84. The van der Waals surface area contributed by atoms with E-state index in [1.165, 1.54) is 12.8 Å². The Morgan fingerprint density at radius 1 is 1.42 bits per heavy atom. The highest BCUT2D eigenvalue weighted by Gasteiger charge is 2.30. The summed E-state index contributed by atoms with van der Waals surface area (Å²) in [5, 5.41) is 0. The van der Waals surface area contributed by atoms with Gasteiger partial charge in [0.15, 0.2) is 0 Å². The molecular formula is C10H20FN. The van der Waals surface area contributed by atoms with Gasteiger partial charge in [-0.1, -0.05) is 20.8 Å². The maximum absolute atomic E-state index is 12.0. The van der Waals surface area contributed by atoms with Crippen LogP contribution in [0.5, 0.6) is 0 Å². The summed E-state index contributed by atoms with van der Waals surface area (Å²) >= 11 is 0. The minimum Gasteiger partial charge on any atom is -0.298 e. The van der Waals surface area contributed by atoms with Gasteiger partial charge in [0.05, 0.1) is 0 Å². The lowest BCUT2D eigenvalue weighted by Crippen LogP contribution is -2.49. The Morgan fingerprint density at radius 3 is 2.42 bits per heavy atom. The molecule has 0 amide bonds. The van der Waals surface area contributed by atoms with Crippen molar-refractivity contribution in [3.8, 4) is 0 Å². The van der Waals surface area contributed by atoms with Crippen LogP contribution < -0.4 is 0 Å². The molecule has 2 heteroatoms. The smallest absolute Gasteiger partial charge is 0.102 e. The second-order valence-corrected chi connectivity index (χ2v) is 4.93. The number of likely N-dealkylation sites (tertiary alicyclic amines) is 1. The predicted molar refractivity (Wildman–Crippen MR) is 50.0 cm³/mol. The Balaban J connectivity index is 2.25. The third kappa shape index (κ3) is 2.74. The van der Waals surface area contributed by atoms with Crippen LogP contribution in [-0.2, 0) is 0 Å². The number of halogens is 1. The zero-order valence-electron chi connectivity index (χ0n) is 8.44. The van der Waals surface area contributed by atoms with E-state index in [4.69, 9.17) is 0 Å². The van der Waals surface area contributed by atoms with Crippen molar-refractivity contribution in [3.05, 3.63) is 0 Å². The number of hydrogen-bond acceptors (Lipinski definition) is 1. The van der Waals surface area contributed by atoms with Gasteiger partial charge in [-0.05, 0) is 18.3 Å². The van der Waals surface area contributed by atoms with Crippen LogP contribution in [0.15, 0.2) is 0 Å². The van der Waals surface area contributed by atoms with Crippen molar-refractivity contribution >= 4 is 0 Å². The standard InChI is InChI=1S/C10H20FN/c1-10(2,3)8-9-4-6-12(9)7-5-11/h9H,4-8H2,1-3H3. The van der Waals surface area contributed by atoms with Gasteiger partial charge in [-0.2, -0.15) is 0 Å². The molecule has 72 valence electrons. The van der Waals surface area contributed by atoms with E-state index in [1.807, 2.05) is 0 Å². The summed E-state index contributed by atoms with van der Waals surface area (Å²) in [6, 6.07) is 0.653. The first-order chi connectivity index (χ1) is 5.53. The molecule has 1 heterocycles. The third-order valence-corrected chi connectivity index (χ3v) is 2.49. The summed E-state index contributed by atoms with van der Waals surface area (Å²) in [4.78, 5) is 2.26. The predicted octanol–water partition coefficient (Wildman–Crippen LogP) is 2.47. The molecule has 1 nitrogen and oxygen atoms in total. The molecule has 0 spiro atoms. The minimum absolute atomic E-state index is 0.194. The molecule has 1 rings (SSSR count). The molecule has 1 atom stereocenters. The first kappa shape index (κ1) is 9.97. The molecule has 0 saturated carbocycles. The fraction of sp³-hybridized carbons (Fsp3) is 1.00. The first-order valence-electron chi connectivity index (χ1n) is 4.83. The Morgan fingerprint density at radius 2 is 2.08 bits per heavy atom. The Kier molecular flexibility index (Phi) is 3.10. The van der Waals surface area contributed by atoms with Crippen LogP contribution in [0.25, 0.3) is 0 Å². The van der Waals surface area contributed by atoms with Crippen molar-refractivity contribution in [3.63, 3.8) is 0 Å². The van der Waals surface area contributed by atoms with Crippen LogP contribution >= 0.6 is 0 Å². The highest BCUT2D eigenvalue weighted by molar-refractivity contribution is 4.85. The second kappa shape index (κ2) is 3.73. The molecule has 1 unspecified atom stereocenters. The lowest BCUT2D eigenvalue weighted by Gasteiger charge is -2.43. The SMILES string of the molecule is CC(C)(C)CC1CCN1CCF. The molecule has 0 aromatic rings. The first-order valence-corrected chi connectivity index (χ1v) is 4.83. The Hall–Kier alpha value is -0.110. The average Bonchev–Trinajstić information content (AvgIpc) is 1.92. The van der Waals surface area contributed by atoms with E-state index in [-0.39, 0.29) is 6.67 Å². The largest absolute Gasteiger partial charge is 0.298 e. The number of rotatable bonds is 3. The van der Waals surface area contributed by atoms with Crippen LogP contribution in [0.3, 0.4) is 0 Å². The summed E-state index contributed by atoms with van der Waals surface area (Å²) < 4.78 is 12.0. The zero-order chi connectivity index (χ0) is 9.19. The van der Waals surface area contributed by atoms with Crippen LogP contribution in [0, 0.1) is 5.41 Å². The molecule has 0 bridgehead atoms. The van der Waals surface area contributed by atoms with Gasteiger partial charge in [0.2, 0.25) is 0 Å². The summed E-state index contributed by atoms with van der Waals surface area (Å²) in [5.74, 6) is 0. The van der Waals surface area contributed by atoms with Gasteiger partial charge in [-0.3, -0.25) is 4.90 Å². The molecule has 0 radical (unpaired) electrons. The van der Waals surface area contributed by atoms with E-state index in [0.717, 1.165) is 6.54 Å². The summed E-state index contributed by atoms with van der Waals surface area (Å²) in [5.41, 5.74) is 0.389. The van der Waals surface area contributed by atoms with Gasteiger partial charge in [-0.25, -0.2) is 4.39 Å². The molecule has 0 aromatic heterocycles. The van der Waals surface area contributed by atoms with Gasteiger partial charge in [0.1, 0.15) is 6.67 Å². The van der Waals surface area contributed by atoms with E-state index in [1.54, 1.807) is 0 Å². The van der Waals surface area contributed by atoms with E-state index in [0.29, 0.717) is 18.0 Å². The molecular weight excluding hydrogens is 153 g/mol. The highest BCUT2D eigenvalue weighted by atomic mass is 19.1. The number of alkyl halides is 1. The van der Waals surface area contributed by atoms with E-state index >= 15 is 0 Å². The maximum atomic E-state index is 12.0. The van der Waals surface area contributed by atoms with Crippen molar-refractivity contribution in [2.45, 2.75) is 39.7 Å². The Labute approximate surface area is 74.9 Å². The molecule has 0 aliphatic carbocycles. The van der Waals surface area contributed by atoms with E-state index in [9.17, 15) is 4.39 Å². The molecule has 1 saturated heterocycles. The van der Waals surface area contributed by atoms with Crippen LogP contribution in [0.2, 0.25) is 0 Å². The number of hydrogen-bond donors (Lipinski definition) is 0. The maximum Gasteiger partial charge on any atom is 0.102 e. The van der Waals surface area contributed by atoms with Gasteiger partial charge in [-0.15, -0.1) is 0 Å². The summed E-state index contributed by atoms with van der Waals surface area (Å²) in [6.07, 6.45) is 2.46. The molecule has 1 aliphatic rings. The molecule has 1 aliphatic heterocycles. The molecule has 0 aromatic carbocycles. The van der Waals surface area contributed by atoms with Gasteiger partial charge in [0, 0.05) is 19.1 Å². The van der Waals surface area contributed by atoms with Crippen molar-refractivity contribution < 1.29 is 4.39 Å². The van der Waals surface area contributed by atoms with Crippen molar-refractivity contribution in [2.75, 3.05) is 19.8 Å². The van der Waals surface area contributed by atoms with E-state index < -0.39 is 0 Å². The van der Waals surface area contributed by atoms with Gasteiger partial charge in [0.25, 0.3) is 0 Å².